The fourth-order valence-electron chi connectivity index (χ4n) is 1.73. The highest BCUT2D eigenvalue weighted by atomic mass is 79.9. The van der Waals surface area contributed by atoms with Gasteiger partial charge in [0.25, 0.3) is 0 Å². The molecule has 0 aliphatic carbocycles. The molecule has 0 saturated carbocycles. The van der Waals surface area contributed by atoms with Crippen molar-refractivity contribution in [1.82, 2.24) is 20.5 Å². The van der Waals surface area contributed by atoms with Gasteiger partial charge in [0.05, 0.1) is 5.25 Å². The Bertz CT molecular complexity index is 644. The van der Waals surface area contributed by atoms with Gasteiger partial charge in [-0.15, -0.1) is 5.10 Å². The molecule has 5 nitrogen and oxygen atoms in total. The summed E-state index contributed by atoms with van der Waals surface area (Å²) >= 11 is 4.84. The molecule has 2 rings (SSSR count). The van der Waals surface area contributed by atoms with Crippen molar-refractivity contribution in [1.29, 1.82) is 0 Å². The minimum atomic E-state index is -0.235. The highest BCUT2D eigenvalue weighted by Crippen LogP contribution is 2.27. The van der Waals surface area contributed by atoms with E-state index in [0.717, 1.165) is 10.0 Å². The lowest BCUT2D eigenvalue weighted by Gasteiger charge is -2.11. The number of halogens is 1. The summed E-state index contributed by atoms with van der Waals surface area (Å²) in [4.78, 5) is 16.4. The molecule has 0 fully saturated rings. The summed E-state index contributed by atoms with van der Waals surface area (Å²) in [6.45, 7) is 6.67. The molecule has 1 aromatic carbocycles. The third-order valence-corrected chi connectivity index (χ3v) is 4.58. The van der Waals surface area contributed by atoms with Gasteiger partial charge in [-0.1, -0.05) is 59.7 Å². The molecule has 0 saturated heterocycles. The summed E-state index contributed by atoms with van der Waals surface area (Å²) in [5.74, 6) is 1.13. The number of hydrogen-bond acceptors (Lipinski definition) is 4. The third kappa shape index (κ3) is 4.58. The van der Waals surface area contributed by atoms with Gasteiger partial charge < -0.3 is 5.32 Å². The lowest BCUT2D eigenvalue weighted by molar-refractivity contribution is -0.120. The first kappa shape index (κ1) is 17.0. The van der Waals surface area contributed by atoms with E-state index >= 15 is 0 Å². The molecule has 0 unspecified atom stereocenters. The smallest absolute Gasteiger partial charge is 0.233 e. The van der Waals surface area contributed by atoms with Gasteiger partial charge in [-0.05, 0) is 18.9 Å². The largest absolute Gasteiger partial charge is 0.355 e. The Morgan fingerprint density at radius 1 is 1.36 bits per heavy atom. The van der Waals surface area contributed by atoms with Crippen LogP contribution >= 0.6 is 27.7 Å². The highest BCUT2D eigenvalue weighted by Gasteiger charge is 2.17. The van der Waals surface area contributed by atoms with Crippen LogP contribution in [0.3, 0.4) is 0 Å². The molecule has 2 aromatic rings. The van der Waals surface area contributed by atoms with Gasteiger partial charge in [-0.2, -0.15) is 0 Å². The summed E-state index contributed by atoms with van der Waals surface area (Å²) in [6.07, 6.45) is 0. The molecule has 0 aliphatic rings. The van der Waals surface area contributed by atoms with E-state index in [1.165, 1.54) is 11.8 Å². The van der Waals surface area contributed by atoms with Crippen LogP contribution < -0.4 is 5.32 Å². The first-order valence-corrected chi connectivity index (χ1v) is 8.76. The Morgan fingerprint density at radius 3 is 2.77 bits per heavy atom. The van der Waals surface area contributed by atoms with Crippen molar-refractivity contribution < 1.29 is 4.79 Å². The van der Waals surface area contributed by atoms with Crippen LogP contribution in [0.5, 0.6) is 0 Å². The maximum absolute atomic E-state index is 12.0. The first-order chi connectivity index (χ1) is 10.5. The maximum atomic E-state index is 12.0. The lowest BCUT2D eigenvalue weighted by Crippen LogP contribution is -2.33. The summed E-state index contributed by atoms with van der Waals surface area (Å²) in [5.41, 5.74) is 0.943. The zero-order chi connectivity index (χ0) is 16.1. The van der Waals surface area contributed by atoms with Crippen molar-refractivity contribution in [2.24, 2.45) is 5.92 Å². The van der Waals surface area contributed by atoms with Gasteiger partial charge in [-0.25, -0.2) is 4.98 Å². The number of carbonyl (C=O) groups is 1. The number of nitrogens with one attached hydrogen (secondary N) is 2. The quantitative estimate of drug-likeness (QED) is 0.750. The number of aromatic amines is 1. The van der Waals surface area contributed by atoms with E-state index in [9.17, 15) is 4.79 Å². The number of carbonyl (C=O) groups excluding carboxylic acids is 1. The highest BCUT2D eigenvalue weighted by molar-refractivity contribution is 9.10. The van der Waals surface area contributed by atoms with Crippen LogP contribution in [0.2, 0.25) is 0 Å². The van der Waals surface area contributed by atoms with Gasteiger partial charge >= 0.3 is 0 Å². The maximum Gasteiger partial charge on any atom is 0.233 e. The van der Waals surface area contributed by atoms with Crippen LogP contribution in [0, 0.1) is 5.92 Å². The summed E-state index contributed by atoms with van der Waals surface area (Å²) < 4.78 is 0.949. The van der Waals surface area contributed by atoms with Gasteiger partial charge in [-0.3, -0.25) is 9.89 Å². The minimum absolute atomic E-state index is 0.00550. The molecule has 1 heterocycles. The second-order valence-electron chi connectivity index (χ2n) is 5.35. The molecule has 1 atom stereocenters. The molecule has 2 N–H and O–H groups in total. The van der Waals surface area contributed by atoms with Crippen LogP contribution in [0.1, 0.15) is 20.8 Å². The predicted octanol–water partition coefficient (Wildman–Crippen LogP) is 3.49. The van der Waals surface area contributed by atoms with Crippen molar-refractivity contribution in [3.05, 3.63) is 28.7 Å². The number of rotatable bonds is 6. The van der Waals surface area contributed by atoms with Gasteiger partial charge in [0, 0.05) is 16.6 Å². The molecule has 0 bridgehead atoms. The minimum Gasteiger partial charge on any atom is -0.355 e. The zero-order valence-corrected chi connectivity index (χ0v) is 15.2. The number of nitrogens with zero attached hydrogens (tertiary/aromatic N) is 2. The Morgan fingerprint density at radius 2 is 2.09 bits per heavy atom. The average molecular weight is 383 g/mol. The fraction of sp³-hybridized carbons (Fsp3) is 0.400. The second kappa shape index (κ2) is 7.78. The van der Waals surface area contributed by atoms with Gasteiger partial charge in [0.1, 0.15) is 0 Å². The SMILES string of the molecule is CC(C)CNC(=O)[C@@H](C)Sc1n[nH]c(-c2ccccc2Br)n1. The average Bonchev–Trinajstić information content (AvgIpc) is 2.93. The van der Waals surface area contributed by atoms with Crippen molar-refractivity contribution >= 4 is 33.6 Å². The first-order valence-electron chi connectivity index (χ1n) is 7.09. The number of benzene rings is 1. The van der Waals surface area contributed by atoms with Crippen molar-refractivity contribution in [2.75, 3.05) is 6.54 Å². The Labute approximate surface area is 142 Å². The summed E-state index contributed by atoms with van der Waals surface area (Å²) in [7, 11) is 0. The molecule has 0 spiro atoms. The normalized spacial score (nSPS) is 12.4. The van der Waals surface area contributed by atoms with Crippen LogP contribution in [0.15, 0.2) is 33.9 Å². The molecule has 1 amide bonds. The number of thioether (sulfide) groups is 1. The zero-order valence-electron chi connectivity index (χ0n) is 12.8. The van der Waals surface area contributed by atoms with E-state index < -0.39 is 0 Å². The number of H-pyrrole nitrogens is 1. The lowest BCUT2D eigenvalue weighted by atomic mass is 10.2. The molecule has 1 aromatic heterocycles. The van der Waals surface area contributed by atoms with Crippen molar-refractivity contribution in [3.63, 3.8) is 0 Å². The summed E-state index contributed by atoms with van der Waals surface area (Å²) in [6, 6.07) is 7.79. The van der Waals surface area contributed by atoms with Crippen LogP contribution in [0.25, 0.3) is 11.4 Å². The standard InChI is InChI=1S/C15H19BrN4OS/c1-9(2)8-17-14(21)10(3)22-15-18-13(19-20-15)11-6-4-5-7-12(11)16/h4-7,9-10H,8H2,1-3H3,(H,17,21)(H,18,19,20)/t10-/m1/s1. The monoisotopic (exact) mass is 382 g/mol. The van der Waals surface area contributed by atoms with Crippen LogP contribution in [-0.4, -0.2) is 32.9 Å². The van der Waals surface area contributed by atoms with E-state index in [1.54, 1.807) is 0 Å². The van der Waals surface area contributed by atoms with Crippen molar-refractivity contribution in [2.45, 2.75) is 31.2 Å². The second-order valence-corrected chi connectivity index (χ2v) is 7.51. The number of amides is 1. The van der Waals surface area contributed by atoms with Gasteiger partial charge in [0.2, 0.25) is 11.1 Å². The topological polar surface area (TPSA) is 70.7 Å². The van der Waals surface area contributed by atoms with Crippen LogP contribution in [-0.2, 0) is 4.79 Å². The van der Waals surface area contributed by atoms with E-state index in [4.69, 9.17) is 0 Å². The fourth-order valence-corrected chi connectivity index (χ4v) is 2.95. The van der Waals surface area contributed by atoms with E-state index in [1.807, 2.05) is 31.2 Å². The Hall–Kier alpha value is -1.34. The summed E-state index contributed by atoms with van der Waals surface area (Å²) in [5, 5.41) is 10.3. The van der Waals surface area contributed by atoms with E-state index in [0.29, 0.717) is 23.4 Å². The number of hydrogen-bond donors (Lipinski definition) is 2. The molecular weight excluding hydrogens is 364 g/mol. The molecule has 22 heavy (non-hydrogen) atoms. The predicted molar refractivity (Wildman–Crippen MR) is 92.7 cm³/mol. The third-order valence-electron chi connectivity index (χ3n) is 2.93. The molecule has 0 aliphatic heterocycles. The van der Waals surface area contributed by atoms with E-state index in [-0.39, 0.29) is 11.2 Å². The van der Waals surface area contributed by atoms with Crippen molar-refractivity contribution in [3.8, 4) is 11.4 Å². The molecular formula is C15H19BrN4OS. The van der Waals surface area contributed by atoms with E-state index in [2.05, 4.69) is 50.3 Å². The van der Waals surface area contributed by atoms with Gasteiger partial charge in [0.15, 0.2) is 5.82 Å². The van der Waals surface area contributed by atoms with Crippen LogP contribution in [0.4, 0.5) is 0 Å². The Balaban J connectivity index is 2.00. The molecule has 0 radical (unpaired) electrons. The molecule has 118 valence electrons. The molecule has 7 heteroatoms. The Kier molecular flexibility index (Phi) is 6.02. The number of aromatic nitrogens is 3.